The van der Waals surface area contributed by atoms with Crippen LogP contribution in [0.2, 0.25) is 10.0 Å². The van der Waals surface area contributed by atoms with Crippen LogP contribution in [0, 0.1) is 6.92 Å². The minimum Gasteiger partial charge on any atom is -0.495 e. The van der Waals surface area contributed by atoms with Crippen LogP contribution in [0.15, 0.2) is 59.2 Å². The number of nitrogens with one attached hydrogen (secondary N) is 2. The van der Waals surface area contributed by atoms with E-state index in [1.807, 2.05) is 6.92 Å². The average molecular weight is 445 g/mol. The molecule has 6 nitrogen and oxygen atoms in total. The number of furan rings is 1. The second-order valence-electron chi connectivity index (χ2n) is 6.29. The molecule has 0 aliphatic rings. The van der Waals surface area contributed by atoms with Crippen molar-refractivity contribution in [3.63, 3.8) is 0 Å². The summed E-state index contributed by atoms with van der Waals surface area (Å²) in [6.45, 7) is 1.84. The van der Waals surface area contributed by atoms with Gasteiger partial charge in [-0.2, -0.15) is 0 Å². The molecule has 0 aliphatic carbocycles. The normalized spacial score (nSPS) is 10.8. The van der Waals surface area contributed by atoms with Gasteiger partial charge in [-0.15, -0.1) is 0 Å². The molecule has 0 atom stereocenters. The van der Waals surface area contributed by atoms with Crippen molar-refractivity contribution in [2.24, 2.45) is 0 Å². The number of methoxy groups -OCH3 is 1. The Hall–Kier alpha value is -3.22. The van der Waals surface area contributed by atoms with Gasteiger partial charge in [0.2, 0.25) is 5.91 Å². The van der Waals surface area contributed by atoms with Gasteiger partial charge in [0.15, 0.2) is 5.76 Å². The van der Waals surface area contributed by atoms with E-state index in [0.717, 1.165) is 5.56 Å². The number of rotatable bonds is 6. The molecule has 3 rings (SSSR count). The van der Waals surface area contributed by atoms with Crippen LogP contribution in [0.25, 0.3) is 6.08 Å². The number of halogens is 2. The lowest BCUT2D eigenvalue weighted by Gasteiger charge is -2.10. The smallest absolute Gasteiger partial charge is 0.291 e. The van der Waals surface area contributed by atoms with E-state index in [4.69, 9.17) is 32.4 Å². The van der Waals surface area contributed by atoms with Gasteiger partial charge in [0.05, 0.1) is 18.4 Å². The summed E-state index contributed by atoms with van der Waals surface area (Å²) < 4.78 is 10.3. The fourth-order valence-electron chi connectivity index (χ4n) is 2.69. The number of amides is 2. The van der Waals surface area contributed by atoms with E-state index < -0.39 is 0 Å². The number of anilines is 2. The van der Waals surface area contributed by atoms with E-state index in [-0.39, 0.29) is 17.6 Å². The van der Waals surface area contributed by atoms with Crippen LogP contribution in [0.3, 0.4) is 0 Å². The zero-order valence-corrected chi connectivity index (χ0v) is 17.7. The number of benzene rings is 2. The fourth-order valence-corrected chi connectivity index (χ4v) is 3.28. The van der Waals surface area contributed by atoms with E-state index >= 15 is 0 Å². The first kappa shape index (κ1) is 21.5. The Bertz CT molecular complexity index is 1110. The molecule has 2 N–H and O–H groups in total. The summed E-state index contributed by atoms with van der Waals surface area (Å²) in [4.78, 5) is 24.6. The van der Waals surface area contributed by atoms with Crippen molar-refractivity contribution in [1.82, 2.24) is 0 Å². The molecule has 2 amide bonds. The third-order valence-electron chi connectivity index (χ3n) is 4.15. The lowest BCUT2D eigenvalue weighted by Crippen LogP contribution is -2.13. The van der Waals surface area contributed by atoms with Crippen LogP contribution in [0.4, 0.5) is 11.4 Å². The van der Waals surface area contributed by atoms with Gasteiger partial charge in [0, 0.05) is 28.0 Å². The SMILES string of the molecule is COc1c(Cl)cc(Cl)cc1/C=C/C(=O)Nc1cc(NC(=O)c2ccco2)ccc1C. The van der Waals surface area contributed by atoms with Crippen LogP contribution in [-0.4, -0.2) is 18.9 Å². The number of ether oxygens (including phenoxy) is 1. The Labute approximate surface area is 183 Å². The Morgan fingerprint density at radius 1 is 1.10 bits per heavy atom. The van der Waals surface area contributed by atoms with Gasteiger partial charge in [-0.05, 0) is 55.0 Å². The van der Waals surface area contributed by atoms with Crippen LogP contribution < -0.4 is 15.4 Å². The monoisotopic (exact) mass is 444 g/mol. The molecule has 0 saturated carbocycles. The largest absolute Gasteiger partial charge is 0.495 e. The van der Waals surface area contributed by atoms with Crippen molar-refractivity contribution in [2.75, 3.05) is 17.7 Å². The second kappa shape index (κ2) is 9.52. The Kier molecular flexibility index (Phi) is 6.82. The molecular weight excluding hydrogens is 427 g/mol. The van der Waals surface area contributed by atoms with Crippen molar-refractivity contribution < 1.29 is 18.7 Å². The highest BCUT2D eigenvalue weighted by Crippen LogP contribution is 2.33. The maximum absolute atomic E-state index is 12.4. The van der Waals surface area contributed by atoms with E-state index in [1.165, 1.54) is 19.4 Å². The first-order valence-electron chi connectivity index (χ1n) is 8.85. The molecular formula is C22H18Cl2N2O4. The Morgan fingerprint density at radius 3 is 2.60 bits per heavy atom. The van der Waals surface area contributed by atoms with Gasteiger partial charge < -0.3 is 19.8 Å². The molecule has 0 aliphatic heterocycles. The molecule has 0 radical (unpaired) electrons. The maximum Gasteiger partial charge on any atom is 0.291 e. The summed E-state index contributed by atoms with van der Waals surface area (Å²) in [5, 5.41) is 6.29. The first-order valence-corrected chi connectivity index (χ1v) is 9.60. The van der Waals surface area contributed by atoms with E-state index in [1.54, 1.807) is 48.5 Å². The van der Waals surface area contributed by atoms with Gasteiger partial charge in [-0.3, -0.25) is 9.59 Å². The topological polar surface area (TPSA) is 80.6 Å². The fraction of sp³-hybridized carbons (Fsp3) is 0.0909. The average Bonchev–Trinajstić information content (AvgIpc) is 3.23. The molecule has 2 aromatic carbocycles. The summed E-state index contributed by atoms with van der Waals surface area (Å²) in [6, 6.07) is 11.6. The standard InChI is InChI=1S/C22H18Cl2N2O4/c1-13-5-7-16(25-22(28)19-4-3-9-30-19)12-18(13)26-20(27)8-6-14-10-15(23)11-17(24)21(14)29-2/h3-12H,1-2H3,(H,25,28)(H,26,27)/b8-6+. The predicted molar refractivity (Wildman–Crippen MR) is 119 cm³/mol. The number of aryl methyl sites for hydroxylation is 1. The lowest BCUT2D eigenvalue weighted by molar-refractivity contribution is -0.111. The van der Waals surface area contributed by atoms with Gasteiger partial charge >= 0.3 is 0 Å². The van der Waals surface area contributed by atoms with Crippen LogP contribution in [0.5, 0.6) is 5.75 Å². The van der Waals surface area contributed by atoms with Crippen molar-refractivity contribution >= 4 is 52.5 Å². The minimum absolute atomic E-state index is 0.193. The number of hydrogen-bond acceptors (Lipinski definition) is 4. The van der Waals surface area contributed by atoms with Gasteiger partial charge in [0.25, 0.3) is 5.91 Å². The molecule has 0 spiro atoms. The Morgan fingerprint density at radius 2 is 1.90 bits per heavy atom. The highest BCUT2D eigenvalue weighted by molar-refractivity contribution is 6.36. The molecule has 0 fully saturated rings. The highest BCUT2D eigenvalue weighted by atomic mass is 35.5. The zero-order chi connectivity index (χ0) is 21.7. The molecule has 0 unspecified atom stereocenters. The van der Waals surface area contributed by atoms with Crippen LogP contribution >= 0.6 is 23.2 Å². The van der Waals surface area contributed by atoms with E-state index in [2.05, 4.69) is 10.6 Å². The van der Waals surface area contributed by atoms with Gasteiger partial charge in [0.1, 0.15) is 5.75 Å². The molecule has 3 aromatic rings. The van der Waals surface area contributed by atoms with Crippen molar-refractivity contribution in [3.8, 4) is 5.75 Å². The molecule has 0 bridgehead atoms. The minimum atomic E-state index is -0.383. The first-order chi connectivity index (χ1) is 14.4. The molecule has 1 heterocycles. The molecule has 8 heteroatoms. The summed E-state index contributed by atoms with van der Waals surface area (Å²) in [5.74, 6) is -0.140. The van der Waals surface area contributed by atoms with Crippen molar-refractivity contribution in [1.29, 1.82) is 0 Å². The summed E-state index contributed by atoms with van der Waals surface area (Å²) >= 11 is 12.1. The summed E-state index contributed by atoms with van der Waals surface area (Å²) in [7, 11) is 1.48. The number of carbonyl (C=O) groups is 2. The molecule has 154 valence electrons. The van der Waals surface area contributed by atoms with Crippen LogP contribution in [0.1, 0.15) is 21.7 Å². The molecule has 30 heavy (non-hydrogen) atoms. The predicted octanol–water partition coefficient (Wildman–Crippen LogP) is 5.81. The Balaban J connectivity index is 1.74. The summed E-state index contributed by atoms with van der Waals surface area (Å²) in [5.41, 5.74) is 2.47. The number of carbonyl (C=O) groups excluding carboxylic acids is 2. The maximum atomic E-state index is 12.4. The van der Waals surface area contributed by atoms with E-state index in [0.29, 0.717) is 32.7 Å². The van der Waals surface area contributed by atoms with Crippen LogP contribution in [-0.2, 0) is 4.79 Å². The number of hydrogen-bond donors (Lipinski definition) is 2. The van der Waals surface area contributed by atoms with Gasteiger partial charge in [-0.25, -0.2) is 0 Å². The molecule has 0 saturated heterocycles. The van der Waals surface area contributed by atoms with Crippen molar-refractivity contribution in [2.45, 2.75) is 6.92 Å². The second-order valence-corrected chi connectivity index (χ2v) is 7.14. The van der Waals surface area contributed by atoms with Gasteiger partial charge in [-0.1, -0.05) is 29.3 Å². The third kappa shape index (κ3) is 5.23. The highest BCUT2D eigenvalue weighted by Gasteiger charge is 2.11. The lowest BCUT2D eigenvalue weighted by atomic mass is 10.1. The van der Waals surface area contributed by atoms with Crippen molar-refractivity contribution in [3.05, 3.63) is 81.7 Å². The summed E-state index contributed by atoms with van der Waals surface area (Å²) in [6.07, 6.45) is 4.33. The van der Waals surface area contributed by atoms with E-state index in [9.17, 15) is 9.59 Å². The third-order valence-corrected chi connectivity index (χ3v) is 4.65. The zero-order valence-electron chi connectivity index (χ0n) is 16.2. The molecule has 1 aromatic heterocycles. The quantitative estimate of drug-likeness (QED) is 0.470.